The highest BCUT2D eigenvalue weighted by Gasteiger charge is 2.20. The number of nitrogens with zero attached hydrogens (tertiary/aromatic N) is 1. The van der Waals surface area contributed by atoms with E-state index in [1.807, 2.05) is 0 Å². The SMILES string of the molecule is Nc1ccc(NC(=O)C2CCNCC2)cn1. The van der Waals surface area contributed by atoms with Gasteiger partial charge in [-0.15, -0.1) is 0 Å². The topological polar surface area (TPSA) is 80.0 Å². The molecular formula is C11H16N4O. The maximum atomic E-state index is 11.9. The fourth-order valence-electron chi connectivity index (χ4n) is 1.81. The summed E-state index contributed by atoms with van der Waals surface area (Å²) in [5.74, 6) is 0.645. The highest BCUT2D eigenvalue weighted by atomic mass is 16.1. The highest BCUT2D eigenvalue weighted by molar-refractivity contribution is 5.92. The molecule has 5 nitrogen and oxygen atoms in total. The number of carbonyl (C=O) groups is 1. The summed E-state index contributed by atoms with van der Waals surface area (Å²) in [5, 5.41) is 6.09. The summed E-state index contributed by atoms with van der Waals surface area (Å²) in [5.41, 5.74) is 6.17. The molecule has 0 unspecified atom stereocenters. The van der Waals surface area contributed by atoms with E-state index in [1.54, 1.807) is 18.3 Å². The Morgan fingerprint density at radius 2 is 2.19 bits per heavy atom. The van der Waals surface area contributed by atoms with Crippen LogP contribution in [0.4, 0.5) is 11.5 Å². The average Bonchev–Trinajstić information content (AvgIpc) is 2.33. The van der Waals surface area contributed by atoms with E-state index < -0.39 is 0 Å². The Balaban J connectivity index is 1.93. The van der Waals surface area contributed by atoms with Crippen molar-refractivity contribution >= 4 is 17.4 Å². The summed E-state index contributed by atoms with van der Waals surface area (Å²) in [4.78, 5) is 15.8. The van der Waals surface area contributed by atoms with E-state index in [4.69, 9.17) is 5.73 Å². The first-order valence-electron chi connectivity index (χ1n) is 5.49. The van der Waals surface area contributed by atoms with Crippen molar-refractivity contribution in [1.82, 2.24) is 10.3 Å². The Kier molecular flexibility index (Phi) is 3.36. The number of nitrogen functional groups attached to an aromatic ring is 1. The molecule has 2 heterocycles. The molecule has 86 valence electrons. The van der Waals surface area contributed by atoms with Crippen LogP contribution < -0.4 is 16.4 Å². The van der Waals surface area contributed by atoms with Crippen molar-refractivity contribution in [3.63, 3.8) is 0 Å². The second-order valence-electron chi connectivity index (χ2n) is 3.99. The monoisotopic (exact) mass is 220 g/mol. The zero-order valence-electron chi connectivity index (χ0n) is 9.07. The second kappa shape index (κ2) is 4.94. The van der Waals surface area contributed by atoms with Gasteiger partial charge in [-0.2, -0.15) is 0 Å². The normalized spacial score (nSPS) is 17.0. The van der Waals surface area contributed by atoms with Gasteiger partial charge in [0.25, 0.3) is 0 Å². The minimum Gasteiger partial charge on any atom is -0.384 e. The fourth-order valence-corrected chi connectivity index (χ4v) is 1.81. The van der Waals surface area contributed by atoms with Gasteiger partial charge in [-0.1, -0.05) is 0 Å². The van der Waals surface area contributed by atoms with Crippen molar-refractivity contribution < 1.29 is 4.79 Å². The summed E-state index contributed by atoms with van der Waals surface area (Å²) in [6.45, 7) is 1.83. The summed E-state index contributed by atoms with van der Waals surface area (Å²) in [6.07, 6.45) is 3.37. The molecule has 0 saturated carbocycles. The first-order chi connectivity index (χ1) is 7.75. The molecule has 2 rings (SSSR count). The number of nitrogens with two attached hydrogens (primary N) is 1. The van der Waals surface area contributed by atoms with Gasteiger partial charge in [-0.3, -0.25) is 4.79 Å². The number of amides is 1. The van der Waals surface area contributed by atoms with Crippen LogP contribution in [0.3, 0.4) is 0 Å². The summed E-state index contributed by atoms with van der Waals surface area (Å²) in [7, 11) is 0. The summed E-state index contributed by atoms with van der Waals surface area (Å²) < 4.78 is 0. The zero-order chi connectivity index (χ0) is 11.4. The predicted molar refractivity (Wildman–Crippen MR) is 62.9 cm³/mol. The molecule has 0 radical (unpaired) electrons. The third kappa shape index (κ3) is 2.70. The van der Waals surface area contributed by atoms with Crippen molar-refractivity contribution in [3.05, 3.63) is 18.3 Å². The van der Waals surface area contributed by atoms with Crippen LogP contribution in [0.25, 0.3) is 0 Å². The van der Waals surface area contributed by atoms with Gasteiger partial charge in [0, 0.05) is 5.92 Å². The lowest BCUT2D eigenvalue weighted by atomic mass is 9.97. The van der Waals surface area contributed by atoms with Gasteiger partial charge in [0.2, 0.25) is 5.91 Å². The maximum Gasteiger partial charge on any atom is 0.227 e. The van der Waals surface area contributed by atoms with Gasteiger partial charge >= 0.3 is 0 Å². The number of hydrogen-bond acceptors (Lipinski definition) is 4. The standard InChI is InChI=1S/C11H16N4O/c12-10-2-1-9(7-14-10)15-11(16)8-3-5-13-6-4-8/h1-2,7-8,13H,3-6H2,(H2,12,14)(H,15,16). The number of pyridine rings is 1. The number of hydrogen-bond donors (Lipinski definition) is 3. The highest BCUT2D eigenvalue weighted by Crippen LogP contribution is 2.15. The van der Waals surface area contributed by atoms with E-state index >= 15 is 0 Å². The third-order valence-electron chi connectivity index (χ3n) is 2.76. The van der Waals surface area contributed by atoms with Crippen molar-refractivity contribution in [2.45, 2.75) is 12.8 Å². The first-order valence-corrected chi connectivity index (χ1v) is 5.49. The Hall–Kier alpha value is -1.62. The van der Waals surface area contributed by atoms with E-state index in [2.05, 4.69) is 15.6 Å². The van der Waals surface area contributed by atoms with Crippen LogP contribution in [0.1, 0.15) is 12.8 Å². The molecule has 1 aromatic heterocycles. The number of piperidine rings is 1. The number of anilines is 2. The molecular weight excluding hydrogens is 204 g/mol. The number of carbonyl (C=O) groups excluding carboxylic acids is 1. The molecule has 1 aromatic rings. The Morgan fingerprint density at radius 3 is 2.81 bits per heavy atom. The minimum atomic E-state index is 0.0769. The van der Waals surface area contributed by atoms with Crippen molar-refractivity contribution in [1.29, 1.82) is 0 Å². The molecule has 1 saturated heterocycles. The molecule has 16 heavy (non-hydrogen) atoms. The lowest BCUT2D eigenvalue weighted by Crippen LogP contribution is -2.34. The molecule has 1 fully saturated rings. The van der Waals surface area contributed by atoms with Crippen molar-refractivity contribution in [2.24, 2.45) is 5.92 Å². The Morgan fingerprint density at radius 1 is 1.44 bits per heavy atom. The predicted octanol–water partition coefficient (Wildman–Crippen LogP) is 0.602. The minimum absolute atomic E-state index is 0.0769. The molecule has 1 aliphatic rings. The molecule has 0 bridgehead atoms. The van der Waals surface area contributed by atoms with Crippen LogP contribution in [0, 0.1) is 5.92 Å². The fraction of sp³-hybridized carbons (Fsp3) is 0.455. The average molecular weight is 220 g/mol. The van der Waals surface area contributed by atoms with Crippen LogP contribution in [-0.4, -0.2) is 24.0 Å². The molecule has 5 heteroatoms. The van der Waals surface area contributed by atoms with Gasteiger partial charge in [0.05, 0.1) is 11.9 Å². The Labute approximate surface area is 94.4 Å². The smallest absolute Gasteiger partial charge is 0.227 e. The van der Waals surface area contributed by atoms with Crippen LogP contribution in [0.5, 0.6) is 0 Å². The van der Waals surface area contributed by atoms with Crippen LogP contribution >= 0.6 is 0 Å². The Bertz CT molecular complexity index is 357. The molecule has 0 spiro atoms. The van der Waals surface area contributed by atoms with Crippen LogP contribution in [0.15, 0.2) is 18.3 Å². The first kappa shape index (κ1) is 10.9. The quantitative estimate of drug-likeness (QED) is 0.682. The van der Waals surface area contributed by atoms with E-state index in [9.17, 15) is 4.79 Å². The maximum absolute atomic E-state index is 11.9. The second-order valence-corrected chi connectivity index (χ2v) is 3.99. The largest absolute Gasteiger partial charge is 0.384 e. The van der Waals surface area contributed by atoms with Crippen LogP contribution in [-0.2, 0) is 4.79 Å². The van der Waals surface area contributed by atoms with E-state index in [-0.39, 0.29) is 11.8 Å². The summed E-state index contributed by atoms with van der Waals surface area (Å²) in [6, 6.07) is 3.44. The van der Waals surface area contributed by atoms with E-state index in [0.717, 1.165) is 25.9 Å². The molecule has 0 aromatic carbocycles. The lowest BCUT2D eigenvalue weighted by Gasteiger charge is -2.21. The van der Waals surface area contributed by atoms with Crippen LogP contribution in [0.2, 0.25) is 0 Å². The summed E-state index contributed by atoms with van der Waals surface area (Å²) >= 11 is 0. The van der Waals surface area contributed by atoms with E-state index in [0.29, 0.717) is 11.5 Å². The molecule has 1 aliphatic heterocycles. The zero-order valence-corrected chi connectivity index (χ0v) is 9.07. The molecule has 0 aliphatic carbocycles. The number of rotatable bonds is 2. The van der Waals surface area contributed by atoms with Gasteiger partial charge in [-0.25, -0.2) is 4.98 Å². The van der Waals surface area contributed by atoms with Crippen molar-refractivity contribution in [3.8, 4) is 0 Å². The number of nitrogens with one attached hydrogen (secondary N) is 2. The lowest BCUT2D eigenvalue weighted by molar-refractivity contribution is -0.120. The molecule has 4 N–H and O–H groups in total. The van der Waals surface area contributed by atoms with Crippen molar-refractivity contribution in [2.75, 3.05) is 24.1 Å². The van der Waals surface area contributed by atoms with Gasteiger partial charge in [0.15, 0.2) is 0 Å². The van der Waals surface area contributed by atoms with Gasteiger partial charge in [0.1, 0.15) is 5.82 Å². The van der Waals surface area contributed by atoms with E-state index in [1.165, 1.54) is 0 Å². The number of aromatic nitrogens is 1. The third-order valence-corrected chi connectivity index (χ3v) is 2.76. The molecule has 0 atom stereocenters. The van der Waals surface area contributed by atoms with Gasteiger partial charge in [-0.05, 0) is 38.1 Å². The van der Waals surface area contributed by atoms with Gasteiger partial charge < -0.3 is 16.4 Å². The molecule has 1 amide bonds.